The zero-order chi connectivity index (χ0) is 18.2. The number of carbonyl (C=O) groups is 3. The van der Waals surface area contributed by atoms with Crippen LogP contribution in [0.15, 0.2) is 24.3 Å². The number of nitrogens with one attached hydrogen (secondary N) is 2. The van der Waals surface area contributed by atoms with E-state index >= 15 is 0 Å². The lowest BCUT2D eigenvalue weighted by atomic mass is 10.1. The van der Waals surface area contributed by atoms with Gasteiger partial charge < -0.3 is 20.3 Å². The van der Waals surface area contributed by atoms with Gasteiger partial charge in [0.05, 0.1) is 19.6 Å². The van der Waals surface area contributed by atoms with Crippen molar-refractivity contribution >= 4 is 23.5 Å². The number of carbonyl (C=O) groups excluding carboxylic acids is 3. The first-order valence-corrected chi connectivity index (χ1v) is 8.54. The monoisotopic (exact) mass is 347 g/mol. The highest BCUT2D eigenvalue weighted by molar-refractivity contribution is 5.93. The van der Waals surface area contributed by atoms with Crippen LogP contribution in [0.25, 0.3) is 0 Å². The van der Waals surface area contributed by atoms with Crippen LogP contribution in [0, 0.1) is 6.92 Å². The molecular formula is C18H25N3O4. The van der Waals surface area contributed by atoms with Gasteiger partial charge in [-0.15, -0.1) is 0 Å². The summed E-state index contributed by atoms with van der Waals surface area (Å²) in [6.45, 7) is 5.02. The number of hydrogen-bond acceptors (Lipinski definition) is 5. The summed E-state index contributed by atoms with van der Waals surface area (Å²) >= 11 is 0. The summed E-state index contributed by atoms with van der Waals surface area (Å²) in [4.78, 5) is 37.9. The zero-order valence-corrected chi connectivity index (χ0v) is 14.7. The van der Waals surface area contributed by atoms with E-state index in [4.69, 9.17) is 4.74 Å². The van der Waals surface area contributed by atoms with E-state index in [1.807, 2.05) is 38.1 Å². The van der Waals surface area contributed by atoms with Crippen molar-refractivity contribution in [2.75, 3.05) is 31.6 Å². The first-order valence-electron chi connectivity index (χ1n) is 8.54. The third-order valence-electron chi connectivity index (χ3n) is 3.94. The standard InChI is InChI=1S/C18H25N3O4/c1-3-9-25-17(23)11-15-18(24)19-7-8-21(15)16(22)12-20-14-6-4-5-13(2)10-14/h4-6,10,15,20H,3,7-9,11-12H2,1-2H3,(H,19,24). The quantitative estimate of drug-likeness (QED) is 0.721. The van der Waals surface area contributed by atoms with Gasteiger partial charge in [-0.05, 0) is 31.0 Å². The molecule has 136 valence electrons. The molecule has 2 N–H and O–H groups in total. The maximum absolute atomic E-state index is 12.5. The Balaban J connectivity index is 1.96. The average Bonchev–Trinajstić information content (AvgIpc) is 2.59. The average molecular weight is 347 g/mol. The van der Waals surface area contributed by atoms with Gasteiger partial charge in [0.25, 0.3) is 0 Å². The molecule has 0 bridgehead atoms. The Morgan fingerprint density at radius 3 is 2.92 bits per heavy atom. The Kier molecular flexibility index (Phi) is 6.80. The lowest BCUT2D eigenvalue weighted by Crippen LogP contribution is -2.58. The van der Waals surface area contributed by atoms with Crippen molar-refractivity contribution in [3.05, 3.63) is 29.8 Å². The zero-order valence-electron chi connectivity index (χ0n) is 14.7. The molecule has 1 unspecified atom stereocenters. The van der Waals surface area contributed by atoms with Crippen LogP contribution in [-0.4, -0.2) is 55.0 Å². The van der Waals surface area contributed by atoms with Crippen molar-refractivity contribution in [2.24, 2.45) is 0 Å². The molecule has 1 atom stereocenters. The largest absolute Gasteiger partial charge is 0.466 e. The van der Waals surface area contributed by atoms with Gasteiger partial charge in [-0.1, -0.05) is 19.1 Å². The van der Waals surface area contributed by atoms with E-state index in [0.717, 1.165) is 11.3 Å². The summed E-state index contributed by atoms with van der Waals surface area (Å²) in [5, 5.41) is 5.77. The molecule has 1 heterocycles. The second kappa shape index (κ2) is 9.05. The fourth-order valence-electron chi connectivity index (χ4n) is 2.68. The van der Waals surface area contributed by atoms with Crippen LogP contribution in [-0.2, 0) is 19.1 Å². The van der Waals surface area contributed by atoms with E-state index in [2.05, 4.69) is 10.6 Å². The predicted octanol–water partition coefficient (Wildman–Crippen LogP) is 1.08. The molecule has 7 nitrogen and oxygen atoms in total. The SMILES string of the molecule is CCCOC(=O)CC1C(=O)NCCN1C(=O)CNc1cccc(C)c1. The maximum atomic E-state index is 12.5. The molecule has 1 aliphatic heterocycles. The van der Waals surface area contributed by atoms with Crippen molar-refractivity contribution in [3.8, 4) is 0 Å². The minimum Gasteiger partial charge on any atom is -0.466 e. The molecule has 2 rings (SSSR count). The number of amides is 2. The number of piperazine rings is 1. The minimum atomic E-state index is -0.815. The number of nitrogens with zero attached hydrogens (tertiary/aromatic N) is 1. The van der Waals surface area contributed by atoms with E-state index in [1.54, 1.807) is 0 Å². The van der Waals surface area contributed by atoms with Crippen molar-refractivity contribution < 1.29 is 19.1 Å². The molecule has 0 saturated carbocycles. The Hall–Kier alpha value is -2.57. The van der Waals surface area contributed by atoms with Gasteiger partial charge in [-0.3, -0.25) is 14.4 Å². The Morgan fingerprint density at radius 2 is 2.20 bits per heavy atom. The molecule has 0 spiro atoms. The molecule has 0 aromatic heterocycles. The van der Waals surface area contributed by atoms with Crippen LogP contribution in [0.4, 0.5) is 5.69 Å². The lowest BCUT2D eigenvalue weighted by Gasteiger charge is -2.34. The van der Waals surface area contributed by atoms with Gasteiger partial charge >= 0.3 is 5.97 Å². The topological polar surface area (TPSA) is 87.7 Å². The van der Waals surface area contributed by atoms with Crippen LogP contribution in [0.5, 0.6) is 0 Å². The lowest BCUT2D eigenvalue weighted by molar-refractivity contribution is -0.151. The highest BCUT2D eigenvalue weighted by Gasteiger charge is 2.34. The number of rotatable bonds is 7. The fourth-order valence-corrected chi connectivity index (χ4v) is 2.68. The highest BCUT2D eigenvalue weighted by Crippen LogP contribution is 2.13. The Labute approximate surface area is 147 Å². The number of esters is 1. The summed E-state index contributed by atoms with van der Waals surface area (Å²) in [6.07, 6.45) is 0.591. The van der Waals surface area contributed by atoms with Gasteiger partial charge in [-0.25, -0.2) is 0 Å². The van der Waals surface area contributed by atoms with E-state index in [1.165, 1.54) is 4.90 Å². The number of aryl methyl sites for hydroxylation is 1. The Morgan fingerprint density at radius 1 is 1.40 bits per heavy atom. The van der Waals surface area contributed by atoms with Gasteiger partial charge in [0, 0.05) is 18.8 Å². The molecule has 1 aromatic carbocycles. The van der Waals surface area contributed by atoms with Gasteiger partial charge in [0.1, 0.15) is 6.04 Å². The van der Waals surface area contributed by atoms with Crippen molar-refractivity contribution in [3.63, 3.8) is 0 Å². The van der Waals surface area contributed by atoms with Crippen LogP contribution in [0.2, 0.25) is 0 Å². The smallest absolute Gasteiger partial charge is 0.308 e. The van der Waals surface area contributed by atoms with E-state index in [-0.39, 0.29) is 24.8 Å². The van der Waals surface area contributed by atoms with Crippen molar-refractivity contribution in [1.82, 2.24) is 10.2 Å². The van der Waals surface area contributed by atoms with Gasteiger partial charge in [0.15, 0.2) is 0 Å². The number of benzene rings is 1. The summed E-state index contributed by atoms with van der Waals surface area (Å²) in [7, 11) is 0. The van der Waals surface area contributed by atoms with E-state index < -0.39 is 12.0 Å². The first kappa shape index (κ1) is 18.8. The van der Waals surface area contributed by atoms with Crippen LogP contribution >= 0.6 is 0 Å². The maximum Gasteiger partial charge on any atom is 0.308 e. The highest BCUT2D eigenvalue weighted by atomic mass is 16.5. The molecule has 0 radical (unpaired) electrons. The Bertz CT molecular complexity index is 633. The number of ether oxygens (including phenoxy) is 1. The summed E-state index contributed by atoms with van der Waals surface area (Å²) in [6, 6.07) is 6.88. The minimum absolute atomic E-state index is 0.0667. The normalized spacial score (nSPS) is 17.0. The van der Waals surface area contributed by atoms with Crippen molar-refractivity contribution in [2.45, 2.75) is 32.7 Å². The van der Waals surface area contributed by atoms with Crippen molar-refractivity contribution in [1.29, 1.82) is 0 Å². The van der Waals surface area contributed by atoms with E-state index in [9.17, 15) is 14.4 Å². The molecule has 1 aliphatic rings. The molecule has 0 aliphatic carbocycles. The number of anilines is 1. The third-order valence-corrected chi connectivity index (χ3v) is 3.94. The van der Waals surface area contributed by atoms with Gasteiger partial charge in [-0.2, -0.15) is 0 Å². The molecule has 1 saturated heterocycles. The van der Waals surface area contributed by atoms with Gasteiger partial charge in [0.2, 0.25) is 11.8 Å². The first-order chi connectivity index (χ1) is 12.0. The third kappa shape index (κ3) is 5.48. The molecule has 25 heavy (non-hydrogen) atoms. The summed E-state index contributed by atoms with van der Waals surface area (Å²) in [5.41, 5.74) is 1.93. The predicted molar refractivity (Wildman–Crippen MR) is 94.0 cm³/mol. The molecule has 1 aromatic rings. The van der Waals surface area contributed by atoms with Crippen LogP contribution in [0.1, 0.15) is 25.3 Å². The number of hydrogen-bond donors (Lipinski definition) is 2. The van der Waals surface area contributed by atoms with Crippen LogP contribution in [0.3, 0.4) is 0 Å². The summed E-state index contributed by atoms with van der Waals surface area (Å²) in [5.74, 6) is -0.999. The molecular weight excluding hydrogens is 322 g/mol. The molecule has 2 amide bonds. The molecule has 1 fully saturated rings. The summed E-state index contributed by atoms with van der Waals surface area (Å²) < 4.78 is 5.04. The van der Waals surface area contributed by atoms with Crippen LogP contribution < -0.4 is 10.6 Å². The second-order valence-corrected chi connectivity index (χ2v) is 6.04. The molecule has 7 heteroatoms. The second-order valence-electron chi connectivity index (χ2n) is 6.04. The fraction of sp³-hybridized carbons (Fsp3) is 0.500. The van der Waals surface area contributed by atoms with E-state index in [0.29, 0.717) is 26.1 Å².